The van der Waals surface area contributed by atoms with Gasteiger partial charge in [0.25, 0.3) is 5.91 Å². The third-order valence-electron chi connectivity index (χ3n) is 4.68. The first kappa shape index (κ1) is 14.3. The fourth-order valence-electron chi connectivity index (χ4n) is 3.60. The highest BCUT2D eigenvalue weighted by Crippen LogP contribution is 2.32. The Kier molecular flexibility index (Phi) is 4.10. The Morgan fingerprint density at radius 1 is 1.29 bits per heavy atom. The summed E-state index contributed by atoms with van der Waals surface area (Å²) in [7, 11) is 0. The second kappa shape index (κ2) is 6.02. The van der Waals surface area contributed by atoms with Gasteiger partial charge in [0.05, 0.1) is 5.56 Å². The van der Waals surface area contributed by atoms with Gasteiger partial charge in [0.15, 0.2) is 0 Å². The zero-order valence-electron chi connectivity index (χ0n) is 12.0. The van der Waals surface area contributed by atoms with E-state index in [1.54, 1.807) is 0 Å². The van der Waals surface area contributed by atoms with Crippen molar-refractivity contribution in [3.05, 3.63) is 29.6 Å². The molecular weight excluding hydrogens is 271 g/mol. The van der Waals surface area contributed by atoms with Crippen LogP contribution in [0.2, 0.25) is 0 Å². The van der Waals surface area contributed by atoms with Gasteiger partial charge in [-0.25, -0.2) is 4.39 Å². The minimum Gasteiger partial charge on any atom is -0.507 e. The molecule has 21 heavy (non-hydrogen) atoms. The molecule has 1 unspecified atom stereocenters. The standard InChI is InChI=1S/C16H21FN2O2/c17-12-3-4-13(15(20)10-12)16(21)19-9-1-2-14(19)11-5-7-18-8-6-11/h3-4,10-11,14,18,20H,1-2,5-9H2. The maximum Gasteiger partial charge on any atom is 0.257 e. The van der Waals surface area contributed by atoms with Gasteiger partial charge in [-0.15, -0.1) is 0 Å². The van der Waals surface area contributed by atoms with Crippen LogP contribution in [0, 0.1) is 11.7 Å². The van der Waals surface area contributed by atoms with E-state index in [1.807, 2.05) is 4.90 Å². The summed E-state index contributed by atoms with van der Waals surface area (Å²) in [6.07, 6.45) is 4.20. The lowest BCUT2D eigenvalue weighted by Gasteiger charge is -2.34. The number of phenols is 1. The van der Waals surface area contributed by atoms with Gasteiger partial charge < -0.3 is 15.3 Å². The predicted octanol–water partition coefficient (Wildman–Crippen LogP) is 2.14. The number of likely N-dealkylation sites (tertiary alicyclic amines) is 1. The summed E-state index contributed by atoms with van der Waals surface area (Å²) in [4.78, 5) is 14.5. The van der Waals surface area contributed by atoms with Crippen LogP contribution in [0.4, 0.5) is 4.39 Å². The maximum absolute atomic E-state index is 13.1. The molecule has 4 nitrogen and oxygen atoms in total. The zero-order valence-corrected chi connectivity index (χ0v) is 12.0. The summed E-state index contributed by atoms with van der Waals surface area (Å²) in [6, 6.07) is 3.86. The molecule has 2 heterocycles. The van der Waals surface area contributed by atoms with E-state index in [0.29, 0.717) is 5.92 Å². The van der Waals surface area contributed by atoms with Gasteiger partial charge in [-0.05, 0) is 56.8 Å². The van der Waals surface area contributed by atoms with Gasteiger partial charge >= 0.3 is 0 Å². The lowest BCUT2D eigenvalue weighted by molar-refractivity contribution is 0.0663. The maximum atomic E-state index is 13.1. The Hall–Kier alpha value is -1.62. The number of piperidine rings is 1. The topological polar surface area (TPSA) is 52.6 Å². The second-order valence-electron chi connectivity index (χ2n) is 5.96. The molecule has 0 spiro atoms. The number of benzene rings is 1. The van der Waals surface area contributed by atoms with Crippen molar-refractivity contribution in [2.75, 3.05) is 19.6 Å². The summed E-state index contributed by atoms with van der Waals surface area (Å²) in [6.45, 7) is 2.74. The number of halogens is 1. The van der Waals surface area contributed by atoms with Crippen LogP contribution in [-0.4, -0.2) is 41.6 Å². The third kappa shape index (κ3) is 2.88. The molecule has 0 bridgehead atoms. The van der Waals surface area contributed by atoms with Crippen molar-refractivity contribution >= 4 is 5.91 Å². The molecule has 1 aromatic carbocycles. The Morgan fingerprint density at radius 2 is 2.05 bits per heavy atom. The van der Waals surface area contributed by atoms with Crippen LogP contribution in [0.15, 0.2) is 18.2 Å². The third-order valence-corrected chi connectivity index (χ3v) is 4.68. The van der Waals surface area contributed by atoms with Crippen molar-refractivity contribution in [3.8, 4) is 5.75 Å². The van der Waals surface area contributed by atoms with E-state index < -0.39 is 5.82 Å². The lowest BCUT2D eigenvalue weighted by atomic mass is 9.88. The first-order valence-electron chi connectivity index (χ1n) is 7.67. The van der Waals surface area contributed by atoms with Crippen LogP contribution in [0.5, 0.6) is 5.75 Å². The highest BCUT2D eigenvalue weighted by molar-refractivity contribution is 5.97. The lowest BCUT2D eigenvalue weighted by Crippen LogP contribution is -2.43. The quantitative estimate of drug-likeness (QED) is 0.878. The van der Waals surface area contributed by atoms with Crippen LogP contribution < -0.4 is 5.32 Å². The van der Waals surface area contributed by atoms with Crippen molar-refractivity contribution < 1.29 is 14.3 Å². The van der Waals surface area contributed by atoms with E-state index in [1.165, 1.54) is 12.1 Å². The average molecular weight is 292 g/mol. The number of nitrogens with zero attached hydrogens (tertiary/aromatic N) is 1. The molecular formula is C16H21FN2O2. The number of nitrogens with one attached hydrogen (secondary N) is 1. The SMILES string of the molecule is O=C(c1ccc(F)cc1O)N1CCCC1C1CCNCC1. The summed E-state index contributed by atoms with van der Waals surface area (Å²) < 4.78 is 13.1. The Morgan fingerprint density at radius 3 is 2.76 bits per heavy atom. The molecule has 1 aromatic rings. The fraction of sp³-hybridized carbons (Fsp3) is 0.562. The van der Waals surface area contributed by atoms with Crippen molar-refractivity contribution in [3.63, 3.8) is 0 Å². The van der Waals surface area contributed by atoms with Crippen LogP contribution in [0.1, 0.15) is 36.0 Å². The largest absolute Gasteiger partial charge is 0.507 e. The molecule has 5 heteroatoms. The van der Waals surface area contributed by atoms with Gasteiger partial charge in [-0.3, -0.25) is 4.79 Å². The average Bonchev–Trinajstić information content (AvgIpc) is 2.97. The summed E-state index contributed by atoms with van der Waals surface area (Å²) in [5, 5.41) is 13.2. The number of carbonyl (C=O) groups is 1. The van der Waals surface area contributed by atoms with Gasteiger partial charge in [0, 0.05) is 18.7 Å². The highest BCUT2D eigenvalue weighted by atomic mass is 19.1. The van der Waals surface area contributed by atoms with Gasteiger partial charge in [0.1, 0.15) is 11.6 Å². The number of carbonyl (C=O) groups excluding carboxylic acids is 1. The molecule has 0 radical (unpaired) electrons. The number of phenolic OH excluding ortho intramolecular Hbond substituents is 1. The van der Waals surface area contributed by atoms with Crippen LogP contribution >= 0.6 is 0 Å². The van der Waals surface area contributed by atoms with E-state index >= 15 is 0 Å². The van der Waals surface area contributed by atoms with Crippen LogP contribution in [-0.2, 0) is 0 Å². The zero-order chi connectivity index (χ0) is 14.8. The van der Waals surface area contributed by atoms with Crippen molar-refractivity contribution in [1.82, 2.24) is 10.2 Å². The molecule has 0 saturated carbocycles. The van der Waals surface area contributed by atoms with Gasteiger partial charge in [-0.2, -0.15) is 0 Å². The first-order valence-corrected chi connectivity index (χ1v) is 7.67. The summed E-state index contributed by atoms with van der Waals surface area (Å²) in [5.41, 5.74) is 0.206. The number of hydrogen-bond acceptors (Lipinski definition) is 3. The van der Waals surface area contributed by atoms with Crippen LogP contribution in [0.3, 0.4) is 0 Å². The van der Waals surface area contributed by atoms with E-state index in [-0.39, 0.29) is 23.3 Å². The monoisotopic (exact) mass is 292 g/mol. The predicted molar refractivity (Wildman–Crippen MR) is 77.7 cm³/mol. The Balaban J connectivity index is 1.79. The fourth-order valence-corrected chi connectivity index (χ4v) is 3.60. The number of hydrogen-bond donors (Lipinski definition) is 2. The second-order valence-corrected chi connectivity index (χ2v) is 5.96. The minimum atomic E-state index is -0.527. The van der Waals surface area contributed by atoms with E-state index in [4.69, 9.17) is 0 Å². The number of amides is 1. The molecule has 0 aromatic heterocycles. The summed E-state index contributed by atoms with van der Waals surface area (Å²) >= 11 is 0. The molecule has 2 saturated heterocycles. The normalized spacial score (nSPS) is 23.5. The molecule has 3 rings (SSSR count). The smallest absolute Gasteiger partial charge is 0.257 e. The van der Waals surface area contributed by atoms with Gasteiger partial charge in [0.2, 0.25) is 0 Å². The molecule has 0 aliphatic carbocycles. The molecule has 2 aliphatic rings. The van der Waals surface area contributed by atoms with E-state index in [0.717, 1.165) is 51.4 Å². The van der Waals surface area contributed by atoms with Gasteiger partial charge in [-0.1, -0.05) is 0 Å². The van der Waals surface area contributed by atoms with E-state index in [9.17, 15) is 14.3 Å². The summed E-state index contributed by atoms with van der Waals surface area (Å²) in [5.74, 6) is -0.440. The van der Waals surface area contributed by atoms with Crippen molar-refractivity contribution in [1.29, 1.82) is 0 Å². The Bertz CT molecular complexity index is 529. The van der Waals surface area contributed by atoms with Crippen molar-refractivity contribution in [2.45, 2.75) is 31.7 Å². The first-order chi connectivity index (χ1) is 10.2. The molecule has 2 fully saturated rings. The van der Waals surface area contributed by atoms with Crippen molar-refractivity contribution in [2.24, 2.45) is 5.92 Å². The minimum absolute atomic E-state index is 0.173. The number of rotatable bonds is 2. The van der Waals surface area contributed by atoms with Crippen LogP contribution in [0.25, 0.3) is 0 Å². The Labute approximate surface area is 124 Å². The molecule has 2 aliphatic heterocycles. The highest BCUT2D eigenvalue weighted by Gasteiger charge is 2.36. The molecule has 114 valence electrons. The van der Waals surface area contributed by atoms with E-state index in [2.05, 4.69) is 5.32 Å². The number of aromatic hydroxyl groups is 1. The molecule has 2 N–H and O–H groups in total. The molecule has 1 atom stereocenters. The molecule has 1 amide bonds.